The number of aliphatic imine (C=N–C) groups is 1. The topological polar surface area (TPSA) is 12.4 Å². The molecule has 0 bridgehead atoms. The van der Waals surface area contributed by atoms with Crippen molar-refractivity contribution in [3.05, 3.63) is 94.6 Å². The summed E-state index contributed by atoms with van der Waals surface area (Å²) >= 11 is 4.66. The molecule has 3 aromatic carbocycles. The molecule has 3 aromatic rings. The Labute approximate surface area is 177 Å². The van der Waals surface area contributed by atoms with Gasteiger partial charge in [0.2, 0.25) is 0 Å². The first-order valence-corrected chi connectivity index (χ1v) is 10.3. The lowest BCUT2D eigenvalue weighted by molar-refractivity contribution is 0.957. The summed E-state index contributed by atoms with van der Waals surface area (Å²) in [6.45, 7) is 2.17. The highest BCUT2D eigenvalue weighted by Gasteiger charge is 2.10. The molecule has 0 N–H and O–H groups in total. The number of allylic oxidation sites excluding steroid dienone is 1. The van der Waals surface area contributed by atoms with Crippen LogP contribution in [0.3, 0.4) is 0 Å². The van der Waals surface area contributed by atoms with E-state index in [0.29, 0.717) is 0 Å². The van der Waals surface area contributed by atoms with Crippen molar-refractivity contribution in [1.29, 1.82) is 0 Å². The lowest BCUT2D eigenvalue weighted by Gasteiger charge is -2.15. The van der Waals surface area contributed by atoms with Crippen LogP contribution in [0.1, 0.15) is 35.6 Å². The maximum absolute atomic E-state index is 4.66. The first-order chi connectivity index (χ1) is 14.2. The minimum absolute atomic E-state index is 0.831. The zero-order chi connectivity index (χ0) is 20.1. The van der Waals surface area contributed by atoms with Crippen LogP contribution in [0.25, 0.3) is 17.2 Å². The van der Waals surface area contributed by atoms with Gasteiger partial charge in [-0.05, 0) is 89.6 Å². The summed E-state index contributed by atoms with van der Waals surface area (Å²) in [6.07, 6.45) is 5.29. The summed E-state index contributed by atoms with van der Waals surface area (Å²) in [6, 6.07) is 23.3. The Balaban J connectivity index is 1.55. The highest BCUT2D eigenvalue weighted by molar-refractivity contribution is 7.78. The van der Waals surface area contributed by atoms with Gasteiger partial charge in [-0.25, -0.2) is 0 Å². The largest absolute Gasteiger partial charge is 0.195 e. The van der Waals surface area contributed by atoms with Crippen LogP contribution in [0, 0.1) is 11.8 Å². The van der Waals surface area contributed by atoms with E-state index >= 15 is 0 Å². The molecular weight excluding hydrogens is 370 g/mol. The van der Waals surface area contributed by atoms with E-state index in [1.165, 1.54) is 33.4 Å². The predicted octanol–water partition coefficient (Wildman–Crippen LogP) is 7.03. The molecule has 0 atom stereocenters. The number of rotatable bonds is 3. The number of benzene rings is 3. The molecular formula is C27H21NS. The highest BCUT2D eigenvalue weighted by Crippen LogP contribution is 2.29. The maximum Gasteiger partial charge on any atom is 0.0739 e. The zero-order valence-electron chi connectivity index (χ0n) is 16.4. The van der Waals surface area contributed by atoms with Gasteiger partial charge in [0.05, 0.1) is 10.8 Å². The van der Waals surface area contributed by atoms with Crippen LogP contribution in [0.2, 0.25) is 0 Å². The van der Waals surface area contributed by atoms with Crippen molar-refractivity contribution >= 4 is 29.1 Å². The van der Waals surface area contributed by atoms with Crippen LogP contribution in [0.15, 0.2) is 77.3 Å². The summed E-state index contributed by atoms with van der Waals surface area (Å²) < 4.78 is 0. The van der Waals surface area contributed by atoms with Crippen molar-refractivity contribution in [2.75, 3.05) is 0 Å². The normalized spacial score (nSPS) is 12.1. The number of aryl methyl sites for hydroxylation is 2. The molecule has 4 rings (SSSR count). The van der Waals surface area contributed by atoms with E-state index < -0.39 is 0 Å². The average Bonchev–Trinajstić information content (AvgIpc) is 2.78. The van der Waals surface area contributed by atoms with Crippen molar-refractivity contribution in [2.24, 2.45) is 4.99 Å². The molecule has 1 aliphatic rings. The Morgan fingerprint density at radius 1 is 0.862 bits per heavy atom. The molecule has 29 heavy (non-hydrogen) atoms. The van der Waals surface area contributed by atoms with Gasteiger partial charge in [-0.2, -0.15) is 4.99 Å². The maximum atomic E-state index is 4.66. The zero-order valence-corrected chi connectivity index (χ0v) is 17.2. The number of fused-ring (bicyclic) bond motifs is 1. The van der Waals surface area contributed by atoms with Crippen LogP contribution in [-0.2, 0) is 12.8 Å². The third kappa shape index (κ3) is 4.61. The fraction of sp³-hybridized carbons (Fsp3) is 0.148. The van der Waals surface area contributed by atoms with Crippen molar-refractivity contribution in [3.8, 4) is 23.0 Å². The number of isothiocyanates is 1. The number of hydrogen-bond acceptors (Lipinski definition) is 2. The monoisotopic (exact) mass is 391 g/mol. The van der Waals surface area contributed by atoms with Crippen molar-refractivity contribution in [3.63, 3.8) is 0 Å². The van der Waals surface area contributed by atoms with Crippen LogP contribution >= 0.6 is 12.2 Å². The standard InChI is InChI=1S/C27H21NS/c1-2-20-3-5-21(6-4-20)7-8-22-9-10-26-18-25(12-11-24(26)17-22)23-13-15-27(16-14-23)28-19-29/h3-6,11-18H,2,9-10H2,1H3. The second kappa shape index (κ2) is 8.84. The average molecular weight is 392 g/mol. The fourth-order valence-corrected chi connectivity index (χ4v) is 3.63. The number of nitrogens with zero attached hydrogens (tertiary/aromatic N) is 1. The minimum atomic E-state index is 0.831. The van der Waals surface area contributed by atoms with E-state index in [9.17, 15) is 0 Å². The molecule has 0 unspecified atom stereocenters. The molecule has 1 nitrogen and oxygen atoms in total. The summed E-state index contributed by atoms with van der Waals surface area (Å²) in [7, 11) is 0. The SMILES string of the molecule is CCc1ccc(C#CC2=Cc3ccc(-c4ccc(N=C=S)cc4)cc3CC2)cc1. The van der Waals surface area contributed by atoms with Crippen LogP contribution < -0.4 is 0 Å². The van der Waals surface area contributed by atoms with Gasteiger partial charge in [0.1, 0.15) is 0 Å². The van der Waals surface area contributed by atoms with Gasteiger partial charge in [0, 0.05) is 11.1 Å². The third-order valence-corrected chi connectivity index (χ3v) is 5.33. The molecule has 0 spiro atoms. The number of thiocarbonyl (C=S) groups is 1. The van der Waals surface area contributed by atoms with E-state index in [2.05, 4.69) is 102 Å². The Kier molecular flexibility index (Phi) is 5.82. The first kappa shape index (κ1) is 19.1. The molecule has 2 heteroatoms. The molecule has 1 aliphatic carbocycles. The van der Waals surface area contributed by atoms with Gasteiger partial charge in [-0.15, -0.1) is 0 Å². The highest BCUT2D eigenvalue weighted by atomic mass is 32.1. The quantitative estimate of drug-likeness (QED) is 0.265. The van der Waals surface area contributed by atoms with Crippen molar-refractivity contribution in [2.45, 2.75) is 26.2 Å². The number of hydrogen-bond donors (Lipinski definition) is 0. The van der Waals surface area contributed by atoms with Crippen LogP contribution in [0.4, 0.5) is 5.69 Å². The Hall–Kier alpha value is -3.24. The molecule has 0 saturated carbocycles. The van der Waals surface area contributed by atoms with Gasteiger partial charge >= 0.3 is 0 Å². The molecule has 0 radical (unpaired) electrons. The van der Waals surface area contributed by atoms with Crippen LogP contribution in [0.5, 0.6) is 0 Å². The predicted molar refractivity (Wildman–Crippen MR) is 126 cm³/mol. The van der Waals surface area contributed by atoms with Crippen molar-refractivity contribution < 1.29 is 0 Å². The van der Waals surface area contributed by atoms with E-state index in [-0.39, 0.29) is 0 Å². The van der Waals surface area contributed by atoms with Gasteiger partial charge in [-0.1, -0.05) is 61.2 Å². The summed E-state index contributed by atoms with van der Waals surface area (Å²) in [5.41, 5.74) is 9.50. The Morgan fingerprint density at radius 2 is 1.62 bits per heavy atom. The molecule has 0 fully saturated rings. The van der Waals surface area contributed by atoms with Gasteiger partial charge in [-0.3, -0.25) is 0 Å². The Bertz CT molecular complexity index is 1170. The van der Waals surface area contributed by atoms with E-state index in [1.807, 2.05) is 12.1 Å². The van der Waals surface area contributed by atoms with Crippen molar-refractivity contribution in [1.82, 2.24) is 0 Å². The molecule has 0 saturated heterocycles. The van der Waals surface area contributed by atoms with Gasteiger partial charge in [0.15, 0.2) is 0 Å². The second-order valence-corrected chi connectivity index (χ2v) is 7.32. The van der Waals surface area contributed by atoms with E-state index in [1.54, 1.807) is 0 Å². The third-order valence-electron chi connectivity index (χ3n) is 5.24. The van der Waals surface area contributed by atoms with E-state index in [0.717, 1.165) is 30.5 Å². The van der Waals surface area contributed by atoms with Gasteiger partial charge in [0.25, 0.3) is 0 Å². The molecule has 0 amide bonds. The second-order valence-electron chi connectivity index (χ2n) is 7.13. The minimum Gasteiger partial charge on any atom is -0.195 e. The summed E-state index contributed by atoms with van der Waals surface area (Å²) in [5, 5.41) is 2.40. The smallest absolute Gasteiger partial charge is 0.0739 e. The van der Waals surface area contributed by atoms with Gasteiger partial charge < -0.3 is 0 Å². The first-order valence-electron chi connectivity index (χ1n) is 9.88. The molecule has 0 heterocycles. The summed E-state index contributed by atoms with van der Waals surface area (Å²) in [5.74, 6) is 6.68. The lowest BCUT2D eigenvalue weighted by atomic mass is 9.89. The molecule has 140 valence electrons. The Morgan fingerprint density at radius 3 is 2.34 bits per heavy atom. The molecule has 0 aromatic heterocycles. The van der Waals surface area contributed by atoms with Crippen LogP contribution in [-0.4, -0.2) is 5.16 Å². The fourth-order valence-electron chi connectivity index (χ4n) is 3.53. The molecule has 0 aliphatic heterocycles. The summed E-state index contributed by atoms with van der Waals surface area (Å²) in [4.78, 5) is 4.01. The lowest BCUT2D eigenvalue weighted by Crippen LogP contribution is -1.98. The van der Waals surface area contributed by atoms with E-state index in [4.69, 9.17) is 0 Å².